The molecule has 0 unspecified atom stereocenters. The number of aromatic nitrogens is 3. The van der Waals surface area contributed by atoms with Crippen molar-refractivity contribution in [2.75, 3.05) is 32.7 Å². The van der Waals surface area contributed by atoms with E-state index in [4.69, 9.17) is 0 Å². The van der Waals surface area contributed by atoms with E-state index in [2.05, 4.69) is 20.5 Å². The average molecular weight is 334 g/mol. The van der Waals surface area contributed by atoms with Crippen LogP contribution < -0.4 is 5.32 Å². The molecule has 2 fully saturated rings. The summed E-state index contributed by atoms with van der Waals surface area (Å²) in [5.41, 5.74) is 0. The van der Waals surface area contributed by atoms with Crippen molar-refractivity contribution >= 4 is 11.8 Å². The Hall–Kier alpha value is -1.96. The van der Waals surface area contributed by atoms with E-state index >= 15 is 0 Å². The van der Waals surface area contributed by atoms with Crippen LogP contribution in [0.5, 0.6) is 0 Å². The van der Waals surface area contributed by atoms with Gasteiger partial charge in [-0.1, -0.05) is 18.1 Å². The van der Waals surface area contributed by atoms with E-state index in [1.54, 1.807) is 17.1 Å². The Balaban J connectivity index is 1.61. The molecule has 0 bridgehead atoms. The Kier molecular flexibility index (Phi) is 5.44. The normalized spacial score (nSPS) is 25.5. The van der Waals surface area contributed by atoms with Crippen molar-refractivity contribution < 1.29 is 9.59 Å². The maximum absolute atomic E-state index is 12.6. The van der Waals surface area contributed by atoms with Gasteiger partial charge < -0.3 is 10.2 Å². The molecule has 2 saturated heterocycles. The minimum absolute atomic E-state index is 0.00772. The summed E-state index contributed by atoms with van der Waals surface area (Å²) in [7, 11) is 0. The molecule has 0 aliphatic carbocycles. The number of nitrogens with one attached hydrogen (secondary N) is 1. The molecular formula is C16H26N6O2. The number of rotatable bonds is 4. The third-order valence-electron chi connectivity index (χ3n) is 4.85. The molecular weight excluding hydrogens is 308 g/mol. The topological polar surface area (TPSA) is 83.4 Å². The van der Waals surface area contributed by atoms with Gasteiger partial charge in [-0.3, -0.25) is 14.5 Å². The summed E-state index contributed by atoms with van der Waals surface area (Å²) in [6.45, 7) is 5.00. The lowest BCUT2D eigenvalue weighted by molar-refractivity contribution is -0.132. The van der Waals surface area contributed by atoms with Crippen LogP contribution in [0.4, 0.5) is 0 Å². The molecule has 1 aromatic heterocycles. The van der Waals surface area contributed by atoms with Gasteiger partial charge in [-0.15, -0.1) is 5.10 Å². The summed E-state index contributed by atoms with van der Waals surface area (Å²) in [5.74, 6) is 0.128. The molecule has 0 aromatic carbocycles. The molecule has 0 radical (unpaired) electrons. The zero-order valence-corrected chi connectivity index (χ0v) is 14.2. The van der Waals surface area contributed by atoms with Gasteiger partial charge in [0.25, 0.3) is 0 Å². The third-order valence-corrected chi connectivity index (χ3v) is 4.85. The predicted octanol–water partition coefficient (Wildman–Crippen LogP) is 0.0421. The van der Waals surface area contributed by atoms with Gasteiger partial charge in [0.2, 0.25) is 11.8 Å². The third kappa shape index (κ3) is 4.11. The number of carbonyl (C=O) groups excluding carboxylic acids is 2. The Morgan fingerprint density at radius 3 is 2.54 bits per heavy atom. The lowest BCUT2D eigenvalue weighted by Gasteiger charge is -2.23. The number of hydrogen-bond acceptors (Lipinski definition) is 5. The summed E-state index contributed by atoms with van der Waals surface area (Å²) in [5, 5.41) is 10.9. The monoisotopic (exact) mass is 334 g/mol. The van der Waals surface area contributed by atoms with Gasteiger partial charge in [-0.25, -0.2) is 4.68 Å². The first-order chi connectivity index (χ1) is 11.6. The molecule has 24 heavy (non-hydrogen) atoms. The van der Waals surface area contributed by atoms with Crippen LogP contribution in [0.1, 0.15) is 38.6 Å². The van der Waals surface area contributed by atoms with Crippen LogP contribution >= 0.6 is 0 Å². The highest BCUT2D eigenvalue weighted by atomic mass is 16.2. The van der Waals surface area contributed by atoms with Crippen LogP contribution in [0.2, 0.25) is 0 Å². The molecule has 2 aliphatic rings. The van der Waals surface area contributed by atoms with Gasteiger partial charge in [0.05, 0.1) is 24.8 Å². The first kappa shape index (κ1) is 16.9. The van der Waals surface area contributed by atoms with Gasteiger partial charge in [-0.05, 0) is 12.8 Å². The van der Waals surface area contributed by atoms with E-state index in [0.717, 1.165) is 25.9 Å². The molecule has 2 aliphatic heterocycles. The maximum atomic E-state index is 12.6. The van der Waals surface area contributed by atoms with Crippen LogP contribution in [0, 0.1) is 0 Å². The molecule has 3 rings (SSSR count). The van der Waals surface area contributed by atoms with Crippen molar-refractivity contribution in [3.63, 3.8) is 0 Å². The maximum Gasteiger partial charge on any atom is 0.236 e. The summed E-state index contributed by atoms with van der Waals surface area (Å²) in [6.07, 6.45) is 8.07. The first-order valence-corrected chi connectivity index (χ1v) is 8.76. The number of carbonyl (C=O) groups is 2. The minimum Gasteiger partial charge on any atom is -0.350 e. The van der Waals surface area contributed by atoms with Crippen LogP contribution in [0.15, 0.2) is 12.4 Å². The molecule has 8 nitrogen and oxygen atoms in total. The quantitative estimate of drug-likeness (QED) is 0.841. The molecule has 132 valence electrons. The summed E-state index contributed by atoms with van der Waals surface area (Å²) in [4.78, 5) is 28.2. The highest BCUT2D eigenvalue weighted by Crippen LogP contribution is 2.21. The number of nitrogens with zero attached hydrogens (tertiary/aromatic N) is 5. The van der Waals surface area contributed by atoms with Crippen LogP contribution in [-0.2, 0) is 9.59 Å². The van der Waals surface area contributed by atoms with Crippen molar-refractivity contribution in [2.24, 2.45) is 0 Å². The smallest absolute Gasteiger partial charge is 0.236 e. The van der Waals surface area contributed by atoms with Crippen molar-refractivity contribution in [3.05, 3.63) is 12.4 Å². The summed E-state index contributed by atoms with van der Waals surface area (Å²) in [6, 6.07) is -0.0468. The van der Waals surface area contributed by atoms with E-state index in [1.165, 1.54) is 19.8 Å². The average Bonchev–Trinajstić information content (AvgIpc) is 3.09. The second-order valence-corrected chi connectivity index (χ2v) is 6.75. The fourth-order valence-electron chi connectivity index (χ4n) is 3.67. The molecule has 1 N–H and O–H groups in total. The van der Waals surface area contributed by atoms with E-state index in [-0.39, 0.29) is 23.9 Å². The zero-order chi connectivity index (χ0) is 16.9. The van der Waals surface area contributed by atoms with E-state index in [9.17, 15) is 9.59 Å². The fourth-order valence-corrected chi connectivity index (χ4v) is 3.67. The Morgan fingerprint density at radius 2 is 1.92 bits per heavy atom. The number of likely N-dealkylation sites (tertiary alicyclic amines) is 2. The van der Waals surface area contributed by atoms with Gasteiger partial charge in [0.1, 0.15) is 0 Å². The van der Waals surface area contributed by atoms with Crippen molar-refractivity contribution in [3.8, 4) is 0 Å². The second kappa shape index (κ2) is 7.74. The lowest BCUT2D eigenvalue weighted by atomic mass is 10.2. The van der Waals surface area contributed by atoms with Gasteiger partial charge in [0.15, 0.2) is 0 Å². The van der Waals surface area contributed by atoms with Crippen molar-refractivity contribution in [1.82, 2.24) is 30.1 Å². The Morgan fingerprint density at radius 1 is 1.17 bits per heavy atom. The molecule has 3 heterocycles. The summed E-state index contributed by atoms with van der Waals surface area (Å²) < 4.78 is 1.77. The highest BCUT2D eigenvalue weighted by molar-refractivity contribution is 5.78. The molecule has 0 saturated carbocycles. The fraction of sp³-hybridized carbons (Fsp3) is 0.750. The standard InChI is InChI=1S/C16H26N6O2/c1-13(23)18-14-10-20(11-15(14)22-9-6-17-19-22)12-16(24)21-7-4-2-3-5-8-21/h6,9,14-15H,2-5,7-8,10-12H2,1H3,(H,18,23)/t14-,15+/m1/s1. The zero-order valence-electron chi connectivity index (χ0n) is 14.2. The number of amides is 2. The van der Waals surface area contributed by atoms with E-state index < -0.39 is 0 Å². The number of hydrogen-bond donors (Lipinski definition) is 1. The predicted molar refractivity (Wildman–Crippen MR) is 88.2 cm³/mol. The van der Waals surface area contributed by atoms with Gasteiger partial charge in [0, 0.05) is 39.3 Å². The highest BCUT2D eigenvalue weighted by Gasteiger charge is 2.36. The SMILES string of the molecule is CC(=O)N[C@@H]1CN(CC(=O)N2CCCCCC2)C[C@@H]1n1ccnn1. The Bertz CT molecular complexity index is 553. The van der Waals surface area contributed by atoms with E-state index in [1.807, 2.05) is 4.90 Å². The second-order valence-electron chi connectivity index (χ2n) is 6.75. The van der Waals surface area contributed by atoms with Crippen LogP contribution in [0.3, 0.4) is 0 Å². The lowest BCUT2D eigenvalue weighted by Crippen LogP contribution is -2.42. The van der Waals surface area contributed by atoms with E-state index in [0.29, 0.717) is 19.6 Å². The van der Waals surface area contributed by atoms with Crippen molar-refractivity contribution in [1.29, 1.82) is 0 Å². The molecule has 8 heteroatoms. The Labute approximate surface area is 142 Å². The molecule has 2 amide bonds. The van der Waals surface area contributed by atoms with Crippen LogP contribution in [-0.4, -0.2) is 75.4 Å². The molecule has 2 atom stereocenters. The molecule has 1 aromatic rings. The summed E-state index contributed by atoms with van der Waals surface area (Å²) >= 11 is 0. The van der Waals surface area contributed by atoms with Crippen molar-refractivity contribution in [2.45, 2.75) is 44.7 Å². The van der Waals surface area contributed by atoms with Gasteiger partial charge in [-0.2, -0.15) is 0 Å². The first-order valence-electron chi connectivity index (χ1n) is 8.76. The molecule has 0 spiro atoms. The minimum atomic E-state index is -0.0641. The van der Waals surface area contributed by atoms with Gasteiger partial charge >= 0.3 is 0 Å². The largest absolute Gasteiger partial charge is 0.350 e. The van der Waals surface area contributed by atoms with Crippen LogP contribution in [0.25, 0.3) is 0 Å².